The largest absolute Gasteiger partial charge is 0.325 e. The molecule has 2 rings (SSSR count). The van der Waals surface area contributed by atoms with Crippen molar-refractivity contribution in [3.63, 3.8) is 0 Å². The third-order valence-electron chi connectivity index (χ3n) is 3.41. The van der Waals surface area contributed by atoms with Crippen LogP contribution < -0.4 is 5.32 Å². The molecule has 0 aliphatic rings. The zero-order valence-electron chi connectivity index (χ0n) is 12.1. The lowest BCUT2D eigenvalue weighted by Crippen LogP contribution is -2.28. The molecule has 0 heterocycles. The topological polar surface area (TPSA) is 46.2 Å². The van der Waals surface area contributed by atoms with E-state index < -0.39 is 5.92 Å². The first-order valence-corrected chi connectivity index (χ1v) is 7.07. The van der Waals surface area contributed by atoms with Gasteiger partial charge in [-0.25, -0.2) is 0 Å². The Balaban J connectivity index is 1.98. The van der Waals surface area contributed by atoms with Crippen molar-refractivity contribution in [3.05, 3.63) is 66.2 Å². The number of ketones is 1. The maximum atomic E-state index is 12.2. The zero-order chi connectivity index (χ0) is 15.1. The fraction of sp³-hybridized carbons (Fsp3) is 0.222. The molecule has 0 saturated heterocycles. The average molecular weight is 281 g/mol. The van der Waals surface area contributed by atoms with Crippen molar-refractivity contribution in [1.29, 1.82) is 0 Å². The van der Waals surface area contributed by atoms with Crippen molar-refractivity contribution in [2.75, 3.05) is 5.32 Å². The minimum absolute atomic E-state index is 0.0978. The Morgan fingerprint density at radius 2 is 1.52 bits per heavy atom. The van der Waals surface area contributed by atoms with Crippen LogP contribution in [0.3, 0.4) is 0 Å². The standard InChI is InChI=1S/C18H19NO2/c1-14(20)17(13-12-15-8-4-2-5-9-15)18(21)19-16-10-6-3-7-11-16/h2-11,17H,12-13H2,1H3,(H,19,21). The van der Waals surface area contributed by atoms with E-state index in [-0.39, 0.29) is 11.7 Å². The van der Waals surface area contributed by atoms with E-state index in [0.29, 0.717) is 18.5 Å². The van der Waals surface area contributed by atoms with Crippen molar-refractivity contribution in [3.8, 4) is 0 Å². The Bertz CT molecular complexity index is 593. The van der Waals surface area contributed by atoms with Gasteiger partial charge in [0.1, 0.15) is 5.78 Å². The second kappa shape index (κ2) is 7.39. The van der Waals surface area contributed by atoms with E-state index >= 15 is 0 Å². The van der Waals surface area contributed by atoms with Crippen molar-refractivity contribution in [1.82, 2.24) is 0 Å². The first-order chi connectivity index (χ1) is 10.2. The molecule has 108 valence electrons. The molecule has 1 atom stereocenters. The van der Waals surface area contributed by atoms with Crippen LogP contribution >= 0.6 is 0 Å². The predicted molar refractivity (Wildman–Crippen MR) is 84.0 cm³/mol. The summed E-state index contributed by atoms with van der Waals surface area (Å²) in [5, 5.41) is 2.80. The van der Waals surface area contributed by atoms with E-state index in [1.54, 1.807) is 0 Å². The first kappa shape index (κ1) is 15.0. The highest BCUT2D eigenvalue weighted by Gasteiger charge is 2.23. The van der Waals surface area contributed by atoms with Crippen LogP contribution in [0.5, 0.6) is 0 Å². The molecule has 1 amide bonds. The lowest BCUT2D eigenvalue weighted by Gasteiger charge is -2.14. The quantitative estimate of drug-likeness (QED) is 0.824. The summed E-state index contributed by atoms with van der Waals surface area (Å²) in [5.74, 6) is -0.936. The van der Waals surface area contributed by atoms with E-state index in [4.69, 9.17) is 0 Å². The molecule has 0 radical (unpaired) electrons. The number of Topliss-reactive ketones (excluding diaryl/α,β-unsaturated/α-hetero) is 1. The normalized spacial score (nSPS) is 11.7. The van der Waals surface area contributed by atoms with Crippen LogP contribution in [0.4, 0.5) is 5.69 Å². The second-order valence-electron chi connectivity index (χ2n) is 5.04. The Kier molecular flexibility index (Phi) is 5.27. The van der Waals surface area contributed by atoms with E-state index in [1.165, 1.54) is 6.92 Å². The van der Waals surface area contributed by atoms with Gasteiger partial charge >= 0.3 is 0 Å². The lowest BCUT2D eigenvalue weighted by atomic mass is 9.95. The number of hydrogen-bond acceptors (Lipinski definition) is 2. The molecular weight excluding hydrogens is 262 g/mol. The summed E-state index contributed by atoms with van der Waals surface area (Å²) in [7, 11) is 0. The summed E-state index contributed by atoms with van der Waals surface area (Å²) in [5.41, 5.74) is 1.85. The number of hydrogen-bond donors (Lipinski definition) is 1. The number of rotatable bonds is 6. The maximum absolute atomic E-state index is 12.2. The fourth-order valence-electron chi connectivity index (χ4n) is 2.23. The first-order valence-electron chi connectivity index (χ1n) is 7.07. The van der Waals surface area contributed by atoms with E-state index in [1.807, 2.05) is 60.7 Å². The monoisotopic (exact) mass is 281 g/mol. The molecule has 0 aliphatic carbocycles. The van der Waals surface area contributed by atoms with Crippen molar-refractivity contribution < 1.29 is 9.59 Å². The summed E-state index contributed by atoms with van der Waals surface area (Å²) in [6, 6.07) is 19.1. The number of carbonyl (C=O) groups is 2. The van der Waals surface area contributed by atoms with Crippen LogP contribution in [0.25, 0.3) is 0 Å². The van der Waals surface area contributed by atoms with Crippen molar-refractivity contribution in [2.45, 2.75) is 19.8 Å². The zero-order valence-corrected chi connectivity index (χ0v) is 12.1. The minimum Gasteiger partial charge on any atom is -0.325 e. The SMILES string of the molecule is CC(=O)C(CCc1ccccc1)C(=O)Nc1ccccc1. The molecule has 3 nitrogen and oxygen atoms in total. The summed E-state index contributed by atoms with van der Waals surface area (Å²) in [4.78, 5) is 24.0. The average Bonchev–Trinajstić information content (AvgIpc) is 2.49. The van der Waals surface area contributed by atoms with Crippen molar-refractivity contribution in [2.24, 2.45) is 5.92 Å². The molecule has 0 bridgehead atoms. The second-order valence-corrected chi connectivity index (χ2v) is 5.04. The Morgan fingerprint density at radius 1 is 0.952 bits per heavy atom. The summed E-state index contributed by atoms with van der Waals surface area (Å²) in [6.07, 6.45) is 1.24. The smallest absolute Gasteiger partial charge is 0.234 e. The third kappa shape index (κ3) is 4.56. The molecule has 0 aliphatic heterocycles. The van der Waals surface area contributed by atoms with Gasteiger partial charge in [-0.15, -0.1) is 0 Å². The number of aryl methyl sites for hydroxylation is 1. The van der Waals surface area contributed by atoms with Crippen LogP contribution in [0.15, 0.2) is 60.7 Å². The van der Waals surface area contributed by atoms with Crippen LogP contribution in [-0.2, 0) is 16.0 Å². The van der Waals surface area contributed by atoms with Crippen LogP contribution in [-0.4, -0.2) is 11.7 Å². The van der Waals surface area contributed by atoms with Gasteiger partial charge in [-0.1, -0.05) is 48.5 Å². The Labute approximate surface area is 125 Å². The lowest BCUT2D eigenvalue weighted by molar-refractivity contribution is -0.130. The van der Waals surface area contributed by atoms with Gasteiger partial charge in [0.05, 0.1) is 5.92 Å². The molecule has 0 saturated carbocycles. The van der Waals surface area contributed by atoms with Gasteiger partial charge in [-0.3, -0.25) is 9.59 Å². The number of para-hydroxylation sites is 1. The molecule has 21 heavy (non-hydrogen) atoms. The summed E-state index contributed by atoms with van der Waals surface area (Å²) in [6.45, 7) is 1.47. The number of anilines is 1. The van der Waals surface area contributed by atoms with E-state index in [0.717, 1.165) is 5.56 Å². The fourth-order valence-corrected chi connectivity index (χ4v) is 2.23. The summed E-state index contributed by atoms with van der Waals surface area (Å²) >= 11 is 0. The molecule has 3 heteroatoms. The molecule has 0 fully saturated rings. The van der Waals surface area contributed by atoms with Crippen LogP contribution in [0.1, 0.15) is 18.9 Å². The highest BCUT2D eigenvalue weighted by atomic mass is 16.2. The molecule has 2 aromatic rings. The maximum Gasteiger partial charge on any atom is 0.234 e. The van der Waals surface area contributed by atoms with E-state index in [9.17, 15) is 9.59 Å². The molecule has 0 aromatic heterocycles. The van der Waals surface area contributed by atoms with Gasteiger partial charge in [0.2, 0.25) is 5.91 Å². The third-order valence-corrected chi connectivity index (χ3v) is 3.41. The minimum atomic E-state index is -0.606. The van der Waals surface area contributed by atoms with Gasteiger partial charge in [0.25, 0.3) is 0 Å². The van der Waals surface area contributed by atoms with Gasteiger partial charge in [0, 0.05) is 5.69 Å². The molecule has 1 N–H and O–H groups in total. The number of carbonyl (C=O) groups excluding carboxylic acids is 2. The molecule has 2 aromatic carbocycles. The summed E-state index contributed by atoms with van der Waals surface area (Å²) < 4.78 is 0. The highest BCUT2D eigenvalue weighted by molar-refractivity contribution is 6.06. The highest BCUT2D eigenvalue weighted by Crippen LogP contribution is 2.14. The van der Waals surface area contributed by atoms with Crippen LogP contribution in [0.2, 0.25) is 0 Å². The van der Waals surface area contributed by atoms with Gasteiger partial charge in [0.15, 0.2) is 0 Å². The van der Waals surface area contributed by atoms with Gasteiger partial charge in [-0.2, -0.15) is 0 Å². The van der Waals surface area contributed by atoms with E-state index in [2.05, 4.69) is 5.32 Å². The van der Waals surface area contributed by atoms with Gasteiger partial charge in [-0.05, 0) is 37.5 Å². The molecule has 1 unspecified atom stereocenters. The number of nitrogens with one attached hydrogen (secondary N) is 1. The van der Waals surface area contributed by atoms with Crippen LogP contribution in [0, 0.1) is 5.92 Å². The van der Waals surface area contributed by atoms with Crippen molar-refractivity contribution >= 4 is 17.4 Å². The predicted octanol–water partition coefficient (Wildman–Crippen LogP) is 3.46. The molecule has 0 spiro atoms. The molecular formula is C18H19NO2. The number of amides is 1. The van der Waals surface area contributed by atoms with Gasteiger partial charge < -0.3 is 5.32 Å². The Morgan fingerprint density at radius 3 is 2.10 bits per heavy atom. The number of benzene rings is 2. The Hall–Kier alpha value is -2.42.